The number of benzene rings is 1. The number of halogens is 1. The molecule has 0 bridgehead atoms. The fourth-order valence-corrected chi connectivity index (χ4v) is 1.67. The van der Waals surface area contributed by atoms with Gasteiger partial charge in [0.2, 0.25) is 0 Å². The lowest BCUT2D eigenvalue weighted by Gasteiger charge is -1.98. The summed E-state index contributed by atoms with van der Waals surface area (Å²) < 4.78 is 5.63. The molecule has 0 fully saturated rings. The Morgan fingerprint density at radius 1 is 1.37 bits per heavy atom. The number of nitrogens with zero attached hydrogens (tertiary/aromatic N) is 1. The molecule has 1 aromatic heterocycles. The maximum atomic E-state index is 5.94. The van der Waals surface area contributed by atoms with Gasteiger partial charge in [-0.15, -0.1) is 0 Å². The highest BCUT2D eigenvalue weighted by Crippen LogP contribution is 2.24. The molecule has 0 amide bonds. The Morgan fingerprint density at radius 2 is 2.21 bits per heavy atom. The zero-order valence-corrected chi connectivity index (χ0v) is 11.8. The van der Waals surface area contributed by atoms with Crippen molar-refractivity contribution in [2.24, 2.45) is 5.10 Å². The number of furan rings is 1. The van der Waals surface area contributed by atoms with E-state index in [0.717, 1.165) is 11.3 Å². The quantitative estimate of drug-likeness (QED) is 0.519. The van der Waals surface area contributed by atoms with Gasteiger partial charge in [-0.25, -0.2) is 0 Å². The molecular weight excluding hydrogens is 282 g/mol. The summed E-state index contributed by atoms with van der Waals surface area (Å²) in [7, 11) is 1.72. The van der Waals surface area contributed by atoms with E-state index in [2.05, 4.69) is 15.8 Å². The maximum absolute atomic E-state index is 5.94. The second-order valence-corrected chi connectivity index (χ2v) is 4.51. The van der Waals surface area contributed by atoms with Crippen molar-refractivity contribution in [2.75, 3.05) is 7.05 Å². The van der Waals surface area contributed by atoms with Crippen LogP contribution >= 0.6 is 23.8 Å². The number of hydrogen-bond acceptors (Lipinski definition) is 3. The Morgan fingerprint density at radius 3 is 2.95 bits per heavy atom. The normalized spacial score (nSPS) is 10.6. The molecule has 0 aliphatic rings. The van der Waals surface area contributed by atoms with Crippen LogP contribution in [0, 0.1) is 0 Å². The second-order valence-electron chi connectivity index (χ2n) is 3.66. The van der Waals surface area contributed by atoms with E-state index < -0.39 is 0 Å². The largest absolute Gasteiger partial charge is 0.455 e. The van der Waals surface area contributed by atoms with Gasteiger partial charge < -0.3 is 9.73 Å². The summed E-state index contributed by atoms with van der Waals surface area (Å²) in [5, 5.41) is 7.80. The van der Waals surface area contributed by atoms with Crippen molar-refractivity contribution in [1.29, 1.82) is 0 Å². The monoisotopic (exact) mass is 293 g/mol. The third-order valence-corrected chi connectivity index (χ3v) is 2.85. The average molecular weight is 294 g/mol. The van der Waals surface area contributed by atoms with Gasteiger partial charge in [0.15, 0.2) is 5.11 Å². The first kappa shape index (κ1) is 13.6. The standard InChI is InChI=1S/C13H12ClN3OS/c1-15-13(19)17-16-8-11-5-6-12(18-11)9-3-2-4-10(14)7-9/h2-8H,1H3,(H2,15,17,19)/b16-8+. The highest BCUT2D eigenvalue weighted by Gasteiger charge is 2.03. The third kappa shape index (κ3) is 3.81. The van der Waals surface area contributed by atoms with Crippen molar-refractivity contribution in [1.82, 2.24) is 10.7 Å². The number of hydrazone groups is 1. The van der Waals surface area contributed by atoms with E-state index in [4.69, 9.17) is 28.2 Å². The van der Waals surface area contributed by atoms with Crippen LogP contribution in [0.25, 0.3) is 11.3 Å². The molecule has 2 N–H and O–H groups in total. The summed E-state index contributed by atoms with van der Waals surface area (Å²) in [6.45, 7) is 0. The van der Waals surface area contributed by atoms with Crippen LogP contribution in [0.15, 0.2) is 45.9 Å². The van der Waals surface area contributed by atoms with Gasteiger partial charge in [0.05, 0.1) is 6.21 Å². The minimum absolute atomic E-state index is 0.442. The molecule has 0 saturated carbocycles. The number of hydrogen-bond donors (Lipinski definition) is 2. The van der Waals surface area contributed by atoms with Crippen LogP contribution in [0.5, 0.6) is 0 Å². The van der Waals surface area contributed by atoms with Gasteiger partial charge in [0, 0.05) is 17.6 Å². The van der Waals surface area contributed by atoms with Crippen LogP contribution in [0.4, 0.5) is 0 Å². The van der Waals surface area contributed by atoms with E-state index in [9.17, 15) is 0 Å². The minimum atomic E-state index is 0.442. The smallest absolute Gasteiger partial charge is 0.186 e. The molecule has 98 valence electrons. The zero-order chi connectivity index (χ0) is 13.7. The molecule has 1 aromatic carbocycles. The second kappa shape index (κ2) is 6.36. The minimum Gasteiger partial charge on any atom is -0.455 e. The molecule has 1 heterocycles. The Bertz CT molecular complexity index is 609. The van der Waals surface area contributed by atoms with Crippen LogP contribution in [0.2, 0.25) is 5.02 Å². The van der Waals surface area contributed by atoms with Gasteiger partial charge in [0.1, 0.15) is 11.5 Å². The topological polar surface area (TPSA) is 49.6 Å². The lowest BCUT2D eigenvalue weighted by atomic mass is 10.2. The Labute approximate surface area is 121 Å². The number of rotatable bonds is 3. The van der Waals surface area contributed by atoms with Crippen molar-refractivity contribution in [3.63, 3.8) is 0 Å². The summed E-state index contributed by atoms with van der Waals surface area (Å²) in [6, 6.07) is 11.2. The third-order valence-electron chi connectivity index (χ3n) is 2.32. The van der Waals surface area contributed by atoms with E-state index >= 15 is 0 Å². The molecule has 0 aliphatic heterocycles. The lowest BCUT2D eigenvalue weighted by molar-refractivity contribution is 0.574. The highest BCUT2D eigenvalue weighted by atomic mass is 35.5. The van der Waals surface area contributed by atoms with E-state index in [1.807, 2.05) is 36.4 Å². The average Bonchev–Trinajstić information content (AvgIpc) is 2.87. The first-order valence-electron chi connectivity index (χ1n) is 5.55. The van der Waals surface area contributed by atoms with E-state index in [0.29, 0.717) is 15.9 Å². The maximum Gasteiger partial charge on any atom is 0.186 e. The van der Waals surface area contributed by atoms with Gasteiger partial charge in [0.25, 0.3) is 0 Å². The summed E-state index contributed by atoms with van der Waals surface area (Å²) in [4.78, 5) is 0. The first-order chi connectivity index (χ1) is 9.19. The highest BCUT2D eigenvalue weighted by molar-refractivity contribution is 7.80. The van der Waals surface area contributed by atoms with Crippen LogP contribution < -0.4 is 10.7 Å². The van der Waals surface area contributed by atoms with Crippen LogP contribution in [0.3, 0.4) is 0 Å². The van der Waals surface area contributed by atoms with Crippen LogP contribution in [-0.4, -0.2) is 18.4 Å². The zero-order valence-electron chi connectivity index (χ0n) is 10.2. The molecule has 4 nitrogen and oxygen atoms in total. The SMILES string of the molecule is CNC(=S)N/N=C/c1ccc(-c2cccc(Cl)c2)o1. The summed E-state index contributed by atoms with van der Waals surface area (Å²) >= 11 is 10.8. The van der Waals surface area contributed by atoms with Gasteiger partial charge in [-0.1, -0.05) is 23.7 Å². The van der Waals surface area contributed by atoms with Crippen molar-refractivity contribution in [3.8, 4) is 11.3 Å². The van der Waals surface area contributed by atoms with Crippen molar-refractivity contribution in [2.45, 2.75) is 0 Å². The van der Waals surface area contributed by atoms with Gasteiger partial charge >= 0.3 is 0 Å². The number of nitrogens with one attached hydrogen (secondary N) is 2. The molecule has 2 aromatic rings. The molecule has 0 atom stereocenters. The summed E-state index contributed by atoms with van der Waals surface area (Å²) in [5.41, 5.74) is 3.57. The fraction of sp³-hybridized carbons (Fsp3) is 0.0769. The van der Waals surface area contributed by atoms with E-state index in [-0.39, 0.29) is 0 Å². The van der Waals surface area contributed by atoms with E-state index in [1.165, 1.54) is 0 Å². The molecule has 19 heavy (non-hydrogen) atoms. The van der Waals surface area contributed by atoms with Crippen molar-refractivity contribution < 1.29 is 4.42 Å². The molecule has 0 spiro atoms. The summed E-state index contributed by atoms with van der Waals surface area (Å²) in [6.07, 6.45) is 1.55. The Hall–Kier alpha value is -1.85. The van der Waals surface area contributed by atoms with Gasteiger partial charge in [-0.3, -0.25) is 5.43 Å². The fourth-order valence-electron chi connectivity index (χ4n) is 1.43. The lowest BCUT2D eigenvalue weighted by Crippen LogP contribution is -2.28. The molecular formula is C13H12ClN3OS. The Kier molecular flexibility index (Phi) is 4.54. The molecule has 0 aliphatic carbocycles. The first-order valence-corrected chi connectivity index (χ1v) is 6.34. The Balaban J connectivity index is 2.09. The van der Waals surface area contributed by atoms with Crippen LogP contribution in [0.1, 0.15) is 5.76 Å². The predicted molar refractivity (Wildman–Crippen MR) is 81.5 cm³/mol. The predicted octanol–water partition coefficient (Wildman–Crippen LogP) is 3.03. The van der Waals surface area contributed by atoms with E-state index in [1.54, 1.807) is 13.3 Å². The molecule has 0 unspecified atom stereocenters. The molecule has 0 saturated heterocycles. The van der Waals surface area contributed by atoms with Crippen molar-refractivity contribution >= 4 is 35.1 Å². The van der Waals surface area contributed by atoms with Crippen LogP contribution in [-0.2, 0) is 0 Å². The van der Waals surface area contributed by atoms with Gasteiger partial charge in [-0.05, 0) is 36.5 Å². The summed E-state index contributed by atoms with van der Waals surface area (Å²) in [5.74, 6) is 1.36. The molecule has 2 rings (SSSR count). The number of thiocarbonyl (C=S) groups is 1. The van der Waals surface area contributed by atoms with Gasteiger partial charge in [-0.2, -0.15) is 5.10 Å². The molecule has 6 heteroatoms. The van der Waals surface area contributed by atoms with Crippen molar-refractivity contribution in [3.05, 3.63) is 47.2 Å². The molecule has 0 radical (unpaired) electrons.